The summed E-state index contributed by atoms with van der Waals surface area (Å²) in [5, 5.41) is 7.59. The third-order valence-electron chi connectivity index (χ3n) is 7.51. The Morgan fingerprint density at radius 1 is 0.720 bits per heavy atom. The molecule has 0 radical (unpaired) electrons. The van der Waals surface area contributed by atoms with Gasteiger partial charge in [0.2, 0.25) is 5.91 Å². The van der Waals surface area contributed by atoms with Crippen LogP contribution in [0, 0.1) is 11.8 Å². The zero-order valence-electron chi connectivity index (χ0n) is 29.5. The largest absolute Gasteiger partial charge is 0.445 e. The molecule has 3 N–H and O–H groups in total. The van der Waals surface area contributed by atoms with E-state index in [4.69, 9.17) is 9.57 Å². The number of hydroxylamine groups is 1. The lowest BCUT2D eigenvalue weighted by atomic mass is 10.1. The van der Waals surface area contributed by atoms with Gasteiger partial charge in [-0.15, -0.1) is 0 Å². The molecule has 0 saturated carbocycles. The van der Waals surface area contributed by atoms with E-state index in [1.807, 2.05) is 76.2 Å². The average molecular weight is 688 g/mol. The van der Waals surface area contributed by atoms with E-state index in [1.165, 1.54) is 11.9 Å². The molecule has 0 heterocycles. The van der Waals surface area contributed by atoms with Gasteiger partial charge < -0.3 is 15.4 Å². The molecular formula is C38H49N5O7. The SMILES string of the molecule is CC(C)CCC(=O)N([C@H](CNC(=O)c1ccccc1)C(=O)NOCc1ccccc1)N(CC(C)C)C(=O)[C@@H](C)NC(=O)OCc1ccccc1. The number of nitrogens with one attached hydrogen (secondary N) is 3. The monoisotopic (exact) mass is 687 g/mol. The van der Waals surface area contributed by atoms with Crippen LogP contribution in [0.15, 0.2) is 91.0 Å². The molecule has 2 atom stereocenters. The van der Waals surface area contributed by atoms with Crippen molar-refractivity contribution in [3.05, 3.63) is 108 Å². The number of nitrogens with zero attached hydrogens (tertiary/aromatic N) is 2. The van der Waals surface area contributed by atoms with Gasteiger partial charge in [-0.25, -0.2) is 20.3 Å². The Bertz CT molecular complexity index is 1520. The number of benzene rings is 3. The number of hydrazine groups is 1. The van der Waals surface area contributed by atoms with Crippen LogP contribution in [-0.4, -0.2) is 64.9 Å². The average Bonchev–Trinajstić information content (AvgIpc) is 3.11. The predicted molar refractivity (Wildman–Crippen MR) is 189 cm³/mol. The number of rotatable bonds is 17. The Balaban J connectivity index is 1.92. The van der Waals surface area contributed by atoms with E-state index in [1.54, 1.807) is 42.5 Å². The molecular weight excluding hydrogens is 638 g/mol. The summed E-state index contributed by atoms with van der Waals surface area (Å²) in [6, 6.07) is 24.2. The minimum Gasteiger partial charge on any atom is -0.445 e. The third-order valence-corrected chi connectivity index (χ3v) is 7.51. The summed E-state index contributed by atoms with van der Waals surface area (Å²) in [7, 11) is 0. The van der Waals surface area contributed by atoms with Crippen molar-refractivity contribution < 1.29 is 33.5 Å². The van der Waals surface area contributed by atoms with Gasteiger partial charge in [0.05, 0.1) is 6.61 Å². The summed E-state index contributed by atoms with van der Waals surface area (Å²) in [5.41, 5.74) is 4.34. The minimum atomic E-state index is -1.40. The van der Waals surface area contributed by atoms with Gasteiger partial charge in [-0.2, -0.15) is 0 Å². The predicted octanol–water partition coefficient (Wildman–Crippen LogP) is 5.01. The van der Waals surface area contributed by atoms with Crippen LogP contribution in [0.4, 0.5) is 4.79 Å². The Morgan fingerprint density at radius 2 is 1.28 bits per heavy atom. The van der Waals surface area contributed by atoms with Gasteiger partial charge in [0.25, 0.3) is 17.7 Å². The maximum Gasteiger partial charge on any atom is 0.408 e. The molecule has 0 spiro atoms. The summed E-state index contributed by atoms with van der Waals surface area (Å²) < 4.78 is 5.33. The van der Waals surface area contributed by atoms with E-state index in [-0.39, 0.29) is 44.6 Å². The Kier molecular flexibility index (Phi) is 15.9. The van der Waals surface area contributed by atoms with Crippen molar-refractivity contribution in [2.45, 2.75) is 72.8 Å². The van der Waals surface area contributed by atoms with Crippen LogP contribution in [0.1, 0.15) is 68.9 Å². The summed E-state index contributed by atoms with van der Waals surface area (Å²) in [6.45, 7) is 8.84. The van der Waals surface area contributed by atoms with Gasteiger partial charge in [-0.05, 0) is 48.4 Å². The summed E-state index contributed by atoms with van der Waals surface area (Å²) >= 11 is 0. The number of amides is 5. The highest BCUT2D eigenvalue weighted by Gasteiger charge is 2.39. The Hall–Kier alpha value is -5.23. The molecule has 0 aliphatic carbocycles. The summed E-state index contributed by atoms with van der Waals surface area (Å²) in [4.78, 5) is 73.6. The topological polar surface area (TPSA) is 146 Å². The molecule has 50 heavy (non-hydrogen) atoms. The highest BCUT2D eigenvalue weighted by Crippen LogP contribution is 2.17. The molecule has 0 saturated heterocycles. The van der Waals surface area contributed by atoms with E-state index >= 15 is 0 Å². The molecule has 0 aliphatic rings. The van der Waals surface area contributed by atoms with Crippen molar-refractivity contribution in [2.75, 3.05) is 13.1 Å². The molecule has 0 bridgehead atoms. The van der Waals surface area contributed by atoms with E-state index in [9.17, 15) is 24.0 Å². The molecule has 5 amide bonds. The first-order chi connectivity index (χ1) is 24.0. The Morgan fingerprint density at radius 3 is 1.84 bits per heavy atom. The van der Waals surface area contributed by atoms with Crippen molar-refractivity contribution in [3.8, 4) is 0 Å². The van der Waals surface area contributed by atoms with Gasteiger partial charge in [0.15, 0.2) is 6.04 Å². The first kappa shape index (κ1) is 39.2. The second-order valence-electron chi connectivity index (χ2n) is 12.7. The van der Waals surface area contributed by atoms with Gasteiger partial charge in [0, 0.05) is 25.1 Å². The molecule has 3 aromatic carbocycles. The standard InChI is InChI=1S/C38H49N5O7/c1-27(2)21-22-34(44)43(42(24-28(3)4)37(47)29(5)40-38(48)49-25-30-15-9-6-10-16-30)33(23-39-35(45)32-19-13-8-14-20-32)36(46)41-50-26-31-17-11-7-12-18-31/h6-20,27-29,33H,21-26H2,1-5H3,(H,39,45)(H,40,48)(H,41,46)/t29-,33-/m1/s1. The Labute approximate surface area is 294 Å². The molecule has 12 heteroatoms. The zero-order chi connectivity index (χ0) is 36.5. The fourth-order valence-electron chi connectivity index (χ4n) is 4.86. The lowest BCUT2D eigenvalue weighted by Gasteiger charge is -2.41. The van der Waals surface area contributed by atoms with Crippen molar-refractivity contribution >= 4 is 29.7 Å². The number of carbonyl (C=O) groups excluding carboxylic acids is 5. The molecule has 3 aromatic rings. The highest BCUT2D eigenvalue weighted by molar-refractivity contribution is 5.95. The number of hydrogen-bond acceptors (Lipinski definition) is 7. The number of carbonyl (C=O) groups is 5. The van der Waals surface area contributed by atoms with Crippen LogP contribution >= 0.6 is 0 Å². The van der Waals surface area contributed by atoms with Crippen LogP contribution in [0.2, 0.25) is 0 Å². The molecule has 3 rings (SSSR count). The van der Waals surface area contributed by atoms with Crippen molar-refractivity contribution in [1.82, 2.24) is 26.1 Å². The third kappa shape index (κ3) is 13.0. The molecule has 0 unspecified atom stereocenters. The van der Waals surface area contributed by atoms with Crippen LogP contribution in [0.3, 0.4) is 0 Å². The first-order valence-corrected chi connectivity index (χ1v) is 16.9. The first-order valence-electron chi connectivity index (χ1n) is 16.9. The summed E-state index contributed by atoms with van der Waals surface area (Å²) in [5.74, 6) is -2.39. The fraction of sp³-hybridized carbons (Fsp3) is 0.395. The number of alkyl carbamates (subject to hydrolysis) is 1. The van der Waals surface area contributed by atoms with Crippen LogP contribution < -0.4 is 16.1 Å². The molecule has 268 valence electrons. The normalized spacial score (nSPS) is 12.1. The molecule has 0 aromatic heterocycles. The van der Waals surface area contributed by atoms with Gasteiger partial charge >= 0.3 is 6.09 Å². The lowest BCUT2D eigenvalue weighted by Crippen LogP contribution is -2.64. The fourth-order valence-corrected chi connectivity index (χ4v) is 4.86. The van der Waals surface area contributed by atoms with Crippen molar-refractivity contribution in [3.63, 3.8) is 0 Å². The maximum atomic E-state index is 14.2. The van der Waals surface area contributed by atoms with E-state index in [2.05, 4.69) is 16.1 Å². The van der Waals surface area contributed by atoms with Crippen molar-refractivity contribution in [1.29, 1.82) is 0 Å². The summed E-state index contributed by atoms with van der Waals surface area (Å²) in [6.07, 6.45) is -0.328. The van der Waals surface area contributed by atoms with Crippen LogP contribution in [0.25, 0.3) is 0 Å². The van der Waals surface area contributed by atoms with E-state index < -0.39 is 41.8 Å². The second kappa shape index (κ2) is 20.3. The lowest BCUT2D eigenvalue weighted by molar-refractivity contribution is -0.177. The second-order valence-corrected chi connectivity index (χ2v) is 12.7. The number of ether oxygens (including phenoxy) is 1. The maximum absolute atomic E-state index is 14.2. The van der Waals surface area contributed by atoms with Gasteiger partial charge in [-0.3, -0.25) is 24.0 Å². The molecule has 0 fully saturated rings. The van der Waals surface area contributed by atoms with E-state index in [0.717, 1.165) is 16.1 Å². The van der Waals surface area contributed by atoms with Crippen LogP contribution in [0.5, 0.6) is 0 Å². The zero-order valence-corrected chi connectivity index (χ0v) is 29.5. The smallest absolute Gasteiger partial charge is 0.408 e. The molecule has 0 aliphatic heterocycles. The minimum absolute atomic E-state index is 0.00452. The molecule has 12 nitrogen and oxygen atoms in total. The van der Waals surface area contributed by atoms with Crippen LogP contribution in [-0.2, 0) is 37.2 Å². The van der Waals surface area contributed by atoms with Crippen molar-refractivity contribution in [2.24, 2.45) is 11.8 Å². The quantitative estimate of drug-likeness (QED) is 0.169. The van der Waals surface area contributed by atoms with Gasteiger partial charge in [0.1, 0.15) is 12.6 Å². The number of hydrogen-bond donors (Lipinski definition) is 3. The van der Waals surface area contributed by atoms with E-state index in [0.29, 0.717) is 12.0 Å². The van der Waals surface area contributed by atoms with Gasteiger partial charge in [-0.1, -0.05) is 107 Å². The highest BCUT2D eigenvalue weighted by atomic mass is 16.7.